The highest BCUT2D eigenvalue weighted by atomic mass is 35.5. The fraction of sp³-hybridized carbons (Fsp3) is 0.571. The molecule has 0 saturated carbocycles. The van der Waals surface area contributed by atoms with Gasteiger partial charge in [0.1, 0.15) is 0 Å². The zero-order valence-electron chi connectivity index (χ0n) is 10.6. The molecule has 1 saturated heterocycles. The molecule has 2 nitrogen and oxygen atoms in total. The number of rotatable bonds is 5. The predicted molar refractivity (Wildman–Crippen MR) is 76.6 cm³/mol. The molecule has 0 aliphatic carbocycles. The van der Waals surface area contributed by atoms with Gasteiger partial charge in [-0.15, -0.1) is 0 Å². The summed E-state index contributed by atoms with van der Waals surface area (Å²) in [4.78, 5) is 0. The van der Waals surface area contributed by atoms with Crippen molar-refractivity contribution in [3.63, 3.8) is 0 Å². The van der Waals surface area contributed by atoms with E-state index in [9.17, 15) is 0 Å². The first kappa shape index (κ1) is 14.1. The molecule has 1 N–H and O–H groups in total. The van der Waals surface area contributed by atoms with E-state index in [1.165, 1.54) is 5.56 Å². The van der Waals surface area contributed by atoms with E-state index in [0.717, 1.165) is 32.4 Å². The van der Waals surface area contributed by atoms with Crippen LogP contribution in [0.2, 0.25) is 10.0 Å². The van der Waals surface area contributed by atoms with Gasteiger partial charge < -0.3 is 10.1 Å². The molecule has 2 rings (SSSR count). The third-order valence-electron chi connectivity index (χ3n) is 3.32. The molecule has 18 heavy (non-hydrogen) atoms. The number of nitrogens with one attached hydrogen (secondary N) is 1. The van der Waals surface area contributed by atoms with Gasteiger partial charge in [-0.05, 0) is 43.5 Å². The molecular weight excluding hydrogens is 269 g/mol. The summed E-state index contributed by atoms with van der Waals surface area (Å²) < 4.78 is 5.77. The van der Waals surface area contributed by atoms with E-state index < -0.39 is 0 Å². The van der Waals surface area contributed by atoms with Crippen LogP contribution in [0.25, 0.3) is 0 Å². The molecule has 0 bridgehead atoms. The van der Waals surface area contributed by atoms with Crippen LogP contribution in [0.5, 0.6) is 0 Å². The van der Waals surface area contributed by atoms with Gasteiger partial charge in [-0.25, -0.2) is 0 Å². The van der Waals surface area contributed by atoms with E-state index in [-0.39, 0.29) is 0 Å². The highest BCUT2D eigenvalue weighted by Gasteiger charge is 2.25. The van der Waals surface area contributed by atoms with Gasteiger partial charge >= 0.3 is 0 Å². The van der Waals surface area contributed by atoms with Gasteiger partial charge in [0, 0.05) is 12.6 Å². The third-order valence-corrected chi connectivity index (χ3v) is 4.06. The van der Waals surface area contributed by atoms with Gasteiger partial charge in [0.25, 0.3) is 0 Å². The van der Waals surface area contributed by atoms with E-state index in [1.54, 1.807) is 0 Å². The van der Waals surface area contributed by atoms with E-state index >= 15 is 0 Å². The molecule has 1 aliphatic heterocycles. The zero-order valence-corrected chi connectivity index (χ0v) is 12.1. The summed E-state index contributed by atoms with van der Waals surface area (Å²) in [6.07, 6.45) is 3.54. The highest BCUT2D eigenvalue weighted by Crippen LogP contribution is 2.25. The zero-order chi connectivity index (χ0) is 13.0. The van der Waals surface area contributed by atoms with Gasteiger partial charge in [0.15, 0.2) is 0 Å². The summed E-state index contributed by atoms with van der Waals surface area (Å²) in [5, 5.41) is 4.74. The number of halogens is 2. The average molecular weight is 288 g/mol. The monoisotopic (exact) mass is 287 g/mol. The summed E-state index contributed by atoms with van der Waals surface area (Å²) >= 11 is 12.0. The molecule has 0 spiro atoms. The molecule has 1 aromatic rings. The first-order valence-electron chi connectivity index (χ1n) is 6.49. The van der Waals surface area contributed by atoms with Crippen LogP contribution >= 0.6 is 23.2 Å². The number of hydrogen-bond donors (Lipinski definition) is 1. The lowest BCUT2D eigenvalue weighted by Gasteiger charge is -2.24. The van der Waals surface area contributed by atoms with Gasteiger partial charge in [0.2, 0.25) is 0 Å². The lowest BCUT2D eigenvalue weighted by Crippen LogP contribution is -2.41. The van der Waals surface area contributed by atoms with Gasteiger partial charge in [-0.1, -0.05) is 36.2 Å². The quantitative estimate of drug-likeness (QED) is 0.892. The maximum Gasteiger partial charge on any atom is 0.0732 e. The molecular formula is C14H19Cl2NO. The van der Waals surface area contributed by atoms with Gasteiger partial charge in [0.05, 0.1) is 16.1 Å². The van der Waals surface area contributed by atoms with Crippen molar-refractivity contribution in [2.24, 2.45) is 0 Å². The predicted octanol–water partition coefficient (Wildman–Crippen LogP) is 3.69. The molecule has 100 valence electrons. The summed E-state index contributed by atoms with van der Waals surface area (Å²) in [5.74, 6) is 0. The second-order valence-electron chi connectivity index (χ2n) is 4.67. The van der Waals surface area contributed by atoms with Crippen molar-refractivity contribution in [3.05, 3.63) is 33.8 Å². The summed E-state index contributed by atoms with van der Waals surface area (Å²) in [5.41, 5.74) is 1.20. The Morgan fingerprint density at radius 1 is 1.39 bits per heavy atom. The van der Waals surface area contributed by atoms with Crippen LogP contribution in [-0.4, -0.2) is 25.3 Å². The molecule has 2 unspecified atom stereocenters. The summed E-state index contributed by atoms with van der Waals surface area (Å²) in [6, 6.07) is 6.20. The molecule has 1 aromatic carbocycles. The molecule has 1 fully saturated rings. The highest BCUT2D eigenvalue weighted by molar-refractivity contribution is 6.42. The van der Waals surface area contributed by atoms with Gasteiger partial charge in [-0.3, -0.25) is 0 Å². The first-order chi connectivity index (χ1) is 8.70. The van der Waals surface area contributed by atoms with Crippen LogP contribution in [0.4, 0.5) is 0 Å². The van der Waals surface area contributed by atoms with Crippen LogP contribution in [0.1, 0.15) is 25.3 Å². The first-order valence-corrected chi connectivity index (χ1v) is 7.25. The smallest absolute Gasteiger partial charge is 0.0732 e. The Morgan fingerprint density at radius 3 is 2.83 bits per heavy atom. The van der Waals surface area contributed by atoms with E-state index in [4.69, 9.17) is 27.9 Å². The summed E-state index contributed by atoms with van der Waals surface area (Å²) in [7, 11) is 0. The number of ether oxygens (including phenoxy) is 1. The minimum absolute atomic E-state index is 0.319. The van der Waals surface area contributed by atoms with Crippen molar-refractivity contribution in [1.29, 1.82) is 0 Å². The minimum Gasteiger partial charge on any atom is -0.377 e. The lowest BCUT2D eigenvalue weighted by atomic mass is 9.99. The standard InChI is InChI=1S/C14H19Cl2NO/c1-2-17-13(14-4-3-7-18-14)9-10-5-6-11(15)12(16)8-10/h5-6,8,13-14,17H,2-4,7,9H2,1H3. The SMILES string of the molecule is CCNC(Cc1ccc(Cl)c(Cl)c1)C1CCCO1. The normalized spacial score (nSPS) is 21.2. The van der Waals surface area contributed by atoms with Crippen molar-refractivity contribution in [3.8, 4) is 0 Å². The molecule has 2 atom stereocenters. The van der Waals surface area contributed by atoms with Crippen LogP contribution in [0, 0.1) is 0 Å². The Hall–Kier alpha value is -0.280. The fourth-order valence-corrected chi connectivity index (χ4v) is 2.76. The Bertz CT molecular complexity index is 391. The van der Waals surface area contributed by atoms with Crippen molar-refractivity contribution in [2.75, 3.05) is 13.2 Å². The maximum absolute atomic E-state index is 6.05. The third kappa shape index (κ3) is 3.61. The second-order valence-corrected chi connectivity index (χ2v) is 5.48. The topological polar surface area (TPSA) is 21.3 Å². The van der Waals surface area contributed by atoms with Crippen molar-refractivity contribution in [2.45, 2.75) is 38.3 Å². The Labute approximate surface area is 119 Å². The molecule has 0 amide bonds. The van der Waals surface area contributed by atoms with Crippen LogP contribution in [-0.2, 0) is 11.2 Å². The van der Waals surface area contributed by atoms with Crippen LogP contribution in [0.15, 0.2) is 18.2 Å². The Kier molecular flexibility index (Phi) is 5.31. The number of likely N-dealkylation sites (N-methyl/N-ethyl adjacent to an activating group) is 1. The Morgan fingerprint density at radius 2 is 2.22 bits per heavy atom. The molecule has 1 aliphatic rings. The van der Waals surface area contributed by atoms with E-state index in [1.807, 2.05) is 18.2 Å². The number of hydrogen-bond acceptors (Lipinski definition) is 2. The van der Waals surface area contributed by atoms with Gasteiger partial charge in [-0.2, -0.15) is 0 Å². The molecule has 4 heteroatoms. The lowest BCUT2D eigenvalue weighted by molar-refractivity contribution is 0.0789. The van der Waals surface area contributed by atoms with Crippen molar-refractivity contribution >= 4 is 23.2 Å². The van der Waals surface area contributed by atoms with E-state index in [2.05, 4.69) is 12.2 Å². The van der Waals surface area contributed by atoms with Crippen molar-refractivity contribution < 1.29 is 4.74 Å². The molecule has 0 aromatic heterocycles. The summed E-state index contributed by atoms with van der Waals surface area (Å²) in [6.45, 7) is 3.95. The maximum atomic E-state index is 6.05. The second kappa shape index (κ2) is 6.76. The number of benzene rings is 1. The largest absolute Gasteiger partial charge is 0.377 e. The van der Waals surface area contributed by atoms with Crippen LogP contribution < -0.4 is 5.32 Å². The fourth-order valence-electron chi connectivity index (χ4n) is 2.44. The average Bonchev–Trinajstić information content (AvgIpc) is 2.87. The van der Waals surface area contributed by atoms with E-state index in [0.29, 0.717) is 22.2 Å². The minimum atomic E-state index is 0.319. The Balaban J connectivity index is 2.04. The molecule has 0 radical (unpaired) electrons. The molecule has 1 heterocycles. The van der Waals surface area contributed by atoms with Crippen LogP contribution in [0.3, 0.4) is 0 Å². The van der Waals surface area contributed by atoms with Crippen molar-refractivity contribution in [1.82, 2.24) is 5.32 Å².